The number of hydrogen-bond acceptors (Lipinski definition) is 3. The largest absolute Gasteiger partial charge is 0.377 e. The molecule has 4 atom stereocenters. The SMILES string of the molecule is CN=C(NCC1CC(=O)Nc2ccccc21)NC1C2CCOC2C12CCCC2.I. The molecule has 0 radical (unpaired) electrons. The van der Waals surface area contributed by atoms with Gasteiger partial charge in [0.1, 0.15) is 0 Å². The van der Waals surface area contributed by atoms with E-state index in [2.05, 4.69) is 27.0 Å². The topological polar surface area (TPSA) is 74.8 Å². The Hall–Kier alpha value is -1.35. The van der Waals surface area contributed by atoms with Crippen LogP contribution in [0.25, 0.3) is 0 Å². The fraction of sp³-hybridized carbons (Fsp3) is 0.636. The Bertz CT molecular complexity index is 793. The molecule has 4 aliphatic rings. The van der Waals surface area contributed by atoms with Crippen molar-refractivity contribution in [2.75, 3.05) is 25.5 Å². The highest BCUT2D eigenvalue weighted by atomic mass is 127. The molecular weight excluding hydrogens is 479 g/mol. The molecule has 2 aliphatic heterocycles. The fourth-order valence-electron chi connectivity index (χ4n) is 6.15. The molecule has 6 nitrogen and oxygen atoms in total. The van der Waals surface area contributed by atoms with Crippen LogP contribution in [0, 0.1) is 11.3 Å². The number of aliphatic imine (C=N–C) groups is 1. The van der Waals surface area contributed by atoms with Crippen molar-refractivity contribution in [1.82, 2.24) is 10.6 Å². The normalized spacial score (nSPS) is 31.9. The first-order valence-corrected chi connectivity index (χ1v) is 10.7. The van der Waals surface area contributed by atoms with E-state index in [9.17, 15) is 4.79 Å². The Morgan fingerprint density at radius 2 is 2.10 bits per heavy atom. The first-order chi connectivity index (χ1) is 13.7. The van der Waals surface area contributed by atoms with Crippen molar-refractivity contribution in [2.24, 2.45) is 16.3 Å². The molecule has 1 saturated heterocycles. The zero-order valence-corrected chi connectivity index (χ0v) is 19.3. The van der Waals surface area contributed by atoms with Crippen molar-refractivity contribution < 1.29 is 9.53 Å². The van der Waals surface area contributed by atoms with Crippen molar-refractivity contribution in [3.05, 3.63) is 29.8 Å². The summed E-state index contributed by atoms with van der Waals surface area (Å²) in [5, 5.41) is 10.2. The van der Waals surface area contributed by atoms with Gasteiger partial charge < -0.3 is 20.7 Å². The van der Waals surface area contributed by atoms with Gasteiger partial charge in [0.25, 0.3) is 0 Å². The minimum atomic E-state index is 0. The van der Waals surface area contributed by atoms with Gasteiger partial charge in [0, 0.05) is 55.6 Å². The molecule has 29 heavy (non-hydrogen) atoms. The minimum absolute atomic E-state index is 0. The number of anilines is 1. The van der Waals surface area contributed by atoms with E-state index in [1.54, 1.807) is 0 Å². The third-order valence-electron chi connectivity index (χ3n) is 7.42. The number of carbonyl (C=O) groups is 1. The zero-order chi connectivity index (χ0) is 19.1. The Labute approximate surface area is 189 Å². The van der Waals surface area contributed by atoms with Gasteiger partial charge in [-0.25, -0.2) is 0 Å². The summed E-state index contributed by atoms with van der Waals surface area (Å²) < 4.78 is 6.10. The third-order valence-corrected chi connectivity index (χ3v) is 7.42. The number of para-hydroxylation sites is 1. The highest BCUT2D eigenvalue weighted by Crippen LogP contribution is 2.60. The van der Waals surface area contributed by atoms with Crippen molar-refractivity contribution >= 4 is 41.5 Å². The second-order valence-electron chi connectivity index (χ2n) is 8.80. The summed E-state index contributed by atoms with van der Waals surface area (Å²) in [6.07, 6.45) is 7.25. The van der Waals surface area contributed by atoms with Gasteiger partial charge in [0.05, 0.1) is 6.10 Å². The molecule has 2 saturated carbocycles. The lowest BCUT2D eigenvalue weighted by atomic mass is 9.54. The molecule has 0 bridgehead atoms. The van der Waals surface area contributed by atoms with E-state index in [1.807, 2.05) is 25.2 Å². The Morgan fingerprint density at radius 3 is 2.90 bits per heavy atom. The molecule has 5 rings (SSSR count). The molecule has 0 aromatic heterocycles. The quantitative estimate of drug-likeness (QED) is 0.332. The second-order valence-corrected chi connectivity index (χ2v) is 8.80. The number of rotatable bonds is 3. The summed E-state index contributed by atoms with van der Waals surface area (Å²) in [4.78, 5) is 16.6. The first-order valence-electron chi connectivity index (χ1n) is 10.7. The molecule has 158 valence electrons. The molecule has 2 heterocycles. The maximum Gasteiger partial charge on any atom is 0.225 e. The summed E-state index contributed by atoms with van der Waals surface area (Å²) >= 11 is 0. The van der Waals surface area contributed by atoms with Crippen LogP contribution in [0.2, 0.25) is 0 Å². The fourth-order valence-corrected chi connectivity index (χ4v) is 6.15. The van der Waals surface area contributed by atoms with E-state index in [-0.39, 0.29) is 35.8 Å². The molecule has 7 heteroatoms. The number of amides is 1. The summed E-state index contributed by atoms with van der Waals surface area (Å²) in [5.74, 6) is 1.71. The standard InChI is InChI=1S/C22H30N4O2.HI/c1-23-21(24-13-14-12-18(27)25-17-7-3-2-6-15(14)17)26-19-16-8-11-28-20(16)22(19)9-4-5-10-22;/h2-3,6-7,14,16,19-20H,4-5,8-13H2,1H3,(H,25,27)(H2,23,24,26);1H. The Balaban J connectivity index is 0.00000205. The number of guanidine groups is 1. The number of nitrogens with one attached hydrogen (secondary N) is 3. The van der Waals surface area contributed by atoms with Crippen molar-refractivity contribution in [3.63, 3.8) is 0 Å². The minimum Gasteiger partial charge on any atom is -0.377 e. The van der Waals surface area contributed by atoms with Gasteiger partial charge in [0.2, 0.25) is 5.91 Å². The molecule has 2 aliphatic carbocycles. The number of ether oxygens (including phenoxy) is 1. The lowest BCUT2D eigenvalue weighted by Gasteiger charge is -2.57. The van der Waals surface area contributed by atoms with Crippen LogP contribution in [-0.2, 0) is 9.53 Å². The van der Waals surface area contributed by atoms with Gasteiger partial charge in [-0.1, -0.05) is 31.0 Å². The van der Waals surface area contributed by atoms with E-state index < -0.39 is 0 Å². The van der Waals surface area contributed by atoms with Crippen LogP contribution in [0.3, 0.4) is 0 Å². The number of fused-ring (bicyclic) bond motifs is 3. The Morgan fingerprint density at radius 1 is 1.31 bits per heavy atom. The number of nitrogens with zero attached hydrogens (tertiary/aromatic N) is 1. The second kappa shape index (κ2) is 8.41. The zero-order valence-electron chi connectivity index (χ0n) is 16.9. The third kappa shape index (κ3) is 3.54. The van der Waals surface area contributed by atoms with Crippen LogP contribution in [0.15, 0.2) is 29.3 Å². The maximum absolute atomic E-state index is 12.1. The van der Waals surface area contributed by atoms with Crippen LogP contribution < -0.4 is 16.0 Å². The molecule has 3 fully saturated rings. The molecule has 1 aromatic carbocycles. The summed E-state index contributed by atoms with van der Waals surface area (Å²) in [6, 6.07) is 8.54. The smallest absolute Gasteiger partial charge is 0.225 e. The summed E-state index contributed by atoms with van der Waals surface area (Å²) in [5.41, 5.74) is 2.43. The van der Waals surface area contributed by atoms with E-state index in [4.69, 9.17) is 4.74 Å². The predicted octanol–water partition coefficient (Wildman–Crippen LogP) is 3.24. The van der Waals surface area contributed by atoms with Gasteiger partial charge in [0.15, 0.2) is 5.96 Å². The monoisotopic (exact) mass is 510 g/mol. The van der Waals surface area contributed by atoms with E-state index in [0.717, 1.165) is 24.7 Å². The average Bonchev–Trinajstić information content (AvgIpc) is 3.37. The maximum atomic E-state index is 12.1. The first kappa shape index (κ1) is 20.9. The summed E-state index contributed by atoms with van der Waals surface area (Å²) in [6.45, 7) is 1.60. The van der Waals surface area contributed by atoms with Gasteiger partial charge >= 0.3 is 0 Å². The number of carbonyl (C=O) groups excluding carboxylic acids is 1. The summed E-state index contributed by atoms with van der Waals surface area (Å²) in [7, 11) is 1.83. The van der Waals surface area contributed by atoms with E-state index >= 15 is 0 Å². The molecular formula is C22H31IN4O2. The van der Waals surface area contributed by atoms with Gasteiger partial charge in [-0.2, -0.15) is 0 Å². The highest BCUT2D eigenvalue weighted by Gasteiger charge is 2.65. The van der Waals surface area contributed by atoms with Gasteiger partial charge in [-0.05, 0) is 30.9 Å². The number of hydrogen-bond donors (Lipinski definition) is 3. The Kier molecular flexibility index (Phi) is 6.06. The van der Waals surface area contributed by atoms with Crippen LogP contribution in [0.5, 0.6) is 0 Å². The molecule has 4 unspecified atom stereocenters. The van der Waals surface area contributed by atoms with E-state index in [1.165, 1.54) is 31.2 Å². The molecule has 3 N–H and O–H groups in total. The molecule has 1 amide bonds. The highest BCUT2D eigenvalue weighted by molar-refractivity contribution is 14.0. The van der Waals surface area contributed by atoms with Crippen LogP contribution in [0.4, 0.5) is 5.69 Å². The van der Waals surface area contributed by atoms with Crippen molar-refractivity contribution in [3.8, 4) is 0 Å². The van der Waals surface area contributed by atoms with Crippen LogP contribution >= 0.6 is 24.0 Å². The molecule has 1 aromatic rings. The van der Waals surface area contributed by atoms with E-state index in [0.29, 0.717) is 36.4 Å². The lowest BCUT2D eigenvalue weighted by Crippen LogP contribution is -2.69. The van der Waals surface area contributed by atoms with Crippen molar-refractivity contribution in [1.29, 1.82) is 0 Å². The van der Waals surface area contributed by atoms with Crippen LogP contribution in [0.1, 0.15) is 50.0 Å². The van der Waals surface area contributed by atoms with Crippen molar-refractivity contribution in [2.45, 2.75) is 56.6 Å². The van der Waals surface area contributed by atoms with Gasteiger partial charge in [-0.15, -0.1) is 24.0 Å². The molecule has 1 spiro atoms. The number of benzene rings is 1. The van der Waals surface area contributed by atoms with Crippen LogP contribution in [-0.4, -0.2) is 44.2 Å². The van der Waals surface area contributed by atoms with Gasteiger partial charge in [-0.3, -0.25) is 9.79 Å². The lowest BCUT2D eigenvalue weighted by molar-refractivity contribution is -0.125. The average molecular weight is 510 g/mol. The predicted molar refractivity (Wildman–Crippen MR) is 125 cm³/mol. The number of halogens is 1.